The molecule has 4 N–H and O–H groups in total. The molecule has 2 aromatic carbocycles. The summed E-state index contributed by atoms with van der Waals surface area (Å²) in [7, 11) is 0. The van der Waals surface area contributed by atoms with Crippen molar-refractivity contribution in [3.05, 3.63) is 47.5 Å². The van der Waals surface area contributed by atoms with Crippen molar-refractivity contribution >= 4 is 12.6 Å². The minimum absolute atomic E-state index is 0.0134. The molecule has 0 fully saturated rings. The van der Waals surface area contributed by atoms with Crippen LogP contribution in [-0.2, 0) is 22.4 Å². The molecule has 0 aliphatic heterocycles. The summed E-state index contributed by atoms with van der Waals surface area (Å²) in [6, 6.07) is 11.9. The lowest BCUT2D eigenvalue weighted by Gasteiger charge is -2.18. The predicted molar refractivity (Wildman–Crippen MR) is 124 cm³/mol. The van der Waals surface area contributed by atoms with Crippen molar-refractivity contribution < 1.29 is 19.1 Å². The summed E-state index contributed by atoms with van der Waals surface area (Å²) in [4.78, 5) is 22.3. The van der Waals surface area contributed by atoms with Crippen LogP contribution < -0.4 is 20.9 Å². The van der Waals surface area contributed by atoms with Crippen molar-refractivity contribution in [2.75, 3.05) is 26.3 Å². The molecule has 0 aliphatic carbocycles. The highest BCUT2D eigenvalue weighted by atomic mass is 16.5. The number of nitrogens with two attached hydrogens (primary N) is 2. The van der Waals surface area contributed by atoms with E-state index in [1.165, 1.54) is 0 Å². The van der Waals surface area contributed by atoms with Crippen LogP contribution >= 0.6 is 0 Å². The Labute approximate surface area is 184 Å². The Kier molecular flexibility index (Phi) is 10.8. The molecule has 0 saturated carbocycles. The molecule has 31 heavy (non-hydrogen) atoms. The van der Waals surface area contributed by atoms with E-state index in [2.05, 4.69) is 13.0 Å². The molecule has 0 radical (unpaired) electrons. The Hall–Kier alpha value is -2.70. The summed E-state index contributed by atoms with van der Waals surface area (Å²) in [6.07, 6.45) is 5.55. The van der Waals surface area contributed by atoms with E-state index < -0.39 is 0 Å². The Morgan fingerprint density at radius 2 is 1.48 bits per heavy atom. The van der Waals surface area contributed by atoms with E-state index in [9.17, 15) is 9.59 Å². The van der Waals surface area contributed by atoms with Gasteiger partial charge in [-0.3, -0.25) is 0 Å². The van der Waals surface area contributed by atoms with E-state index in [1.54, 1.807) is 0 Å². The molecule has 0 aromatic heterocycles. The first kappa shape index (κ1) is 24.6. The zero-order valence-corrected chi connectivity index (χ0v) is 18.3. The van der Waals surface area contributed by atoms with Crippen LogP contribution in [0.4, 0.5) is 0 Å². The molecule has 6 nitrogen and oxygen atoms in total. The number of benzene rings is 2. The molecule has 6 heteroatoms. The largest absolute Gasteiger partial charge is 0.492 e. The van der Waals surface area contributed by atoms with Crippen LogP contribution in [0.25, 0.3) is 11.1 Å². The van der Waals surface area contributed by atoms with Gasteiger partial charge in [0.25, 0.3) is 0 Å². The number of hydrogen-bond acceptors (Lipinski definition) is 6. The van der Waals surface area contributed by atoms with Crippen molar-refractivity contribution in [3.8, 4) is 22.6 Å². The van der Waals surface area contributed by atoms with Gasteiger partial charge in [-0.15, -0.1) is 0 Å². The third kappa shape index (κ3) is 7.49. The normalized spacial score (nSPS) is 11.7. The third-order valence-electron chi connectivity index (χ3n) is 5.03. The van der Waals surface area contributed by atoms with Gasteiger partial charge in [0.2, 0.25) is 0 Å². The first-order valence-corrected chi connectivity index (χ1v) is 11.0. The zero-order chi connectivity index (χ0) is 22.5. The van der Waals surface area contributed by atoms with Crippen molar-refractivity contribution in [2.24, 2.45) is 17.4 Å². The zero-order valence-electron chi connectivity index (χ0n) is 18.3. The molecule has 168 valence electrons. The summed E-state index contributed by atoms with van der Waals surface area (Å²) >= 11 is 0. The fourth-order valence-corrected chi connectivity index (χ4v) is 3.56. The maximum absolute atomic E-state index is 11.5. The van der Waals surface area contributed by atoms with Crippen LogP contribution in [0.5, 0.6) is 11.5 Å². The van der Waals surface area contributed by atoms with Crippen molar-refractivity contribution in [2.45, 2.75) is 39.0 Å². The highest BCUT2D eigenvalue weighted by Crippen LogP contribution is 2.38. The molecule has 0 bridgehead atoms. The van der Waals surface area contributed by atoms with E-state index in [4.69, 9.17) is 20.9 Å². The molecular formula is C25H34N2O4. The monoisotopic (exact) mass is 426 g/mol. The smallest absolute Gasteiger partial charge is 0.127 e. The Morgan fingerprint density at radius 3 is 2.00 bits per heavy atom. The van der Waals surface area contributed by atoms with Gasteiger partial charge in [0, 0.05) is 36.6 Å². The highest BCUT2D eigenvalue weighted by molar-refractivity contribution is 5.77. The van der Waals surface area contributed by atoms with Crippen LogP contribution in [0.15, 0.2) is 36.4 Å². The molecule has 2 rings (SSSR count). The summed E-state index contributed by atoms with van der Waals surface area (Å²) in [5.74, 6) is 1.40. The molecule has 0 spiro atoms. The van der Waals surface area contributed by atoms with Gasteiger partial charge in [-0.05, 0) is 54.7 Å². The van der Waals surface area contributed by atoms with Crippen LogP contribution in [0.2, 0.25) is 0 Å². The summed E-state index contributed by atoms with van der Waals surface area (Å²) < 4.78 is 11.8. The lowest BCUT2D eigenvalue weighted by Crippen LogP contribution is -2.12. The maximum atomic E-state index is 11.5. The van der Waals surface area contributed by atoms with Crippen molar-refractivity contribution in [3.63, 3.8) is 0 Å². The first-order chi connectivity index (χ1) is 15.2. The van der Waals surface area contributed by atoms with E-state index in [0.29, 0.717) is 57.1 Å². The number of hydrogen-bond donors (Lipinski definition) is 2. The number of aldehydes is 2. The average molecular weight is 427 g/mol. The second-order valence-corrected chi connectivity index (χ2v) is 7.53. The minimum atomic E-state index is -0.0134. The second kappa shape index (κ2) is 13.6. The van der Waals surface area contributed by atoms with Crippen molar-refractivity contribution in [1.29, 1.82) is 0 Å². The number of carbonyl (C=O) groups excluding carboxylic acids is 2. The highest BCUT2D eigenvalue weighted by Gasteiger charge is 2.16. The fourth-order valence-electron chi connectivity index (χ4n) is 3.56. The Morgan fingerprint density at radius 1 is 0.903 bits per heavy atom. The third-order valence-corrected chi connectivity index (χ3v) is 5.03. The van der Waals surface area contributed by atoms with Gasteiger partial charge in [-0.25, -0.2) is 0 Å². The number of aryl methyl sites for hydroxylation is 1. The molecule has 0 amide bonds. The maximum Gasteiger partial charge on any atom is 0.127 e. The van der Waals surface area contributed by atoms with E-state index in [1.807, 2.05) is 30.3 Å². The summed E-state index contributed by atoms with van der Waals surface area (Å²) in [6.45, 7) is 3.67. The average Bonchev–Trinajstić information content (AvgIpc) is 2.80. The first-order valence-electron chi connectivity index (χ1n) is 11.0. The molecular weight excluding hydrogens is 392 g/mol. The standard InChI is InChI=1S/C25H34N2O4/c1-2-4-21(18-29)15-20-7-9-25(31-14-11-27)23(17-20)22-16-19(5-3-12-28)6-8-24(22)30-13-10-26/h6-9,12,16-18,21H,2-5,10-11,13-15,26-27H2,1H3. The van der Waals surface area contributed by atoms with Crippen LogP contribution in [0.1, 0.15) is 37.3 Å². The number of rotatable bonds is 15. The van der Waals surface area contributed by atoms with E-state index in [0.717, 1.165) is 47.7 Å². The molecule has 0 saturated heterocycles. The number of ether oxygens (including phenoxy) is 2. The van der Waals surface area contributed by atoms with Gasteiger partial charge in [-0.2, -0.15) is 0 Å². The van der Waals surface area contributed by atoms with Gasteiger partial charge in [-0.1, -0.05) is 25.5 Å². The van der Waals surface area contributed by atoms with Crippen LogP contribution in [-0.4, -0.2) is 38.9 Å². The lowest BCUT2D eigenvalue weighted by molar-refractivity contribution is -0.111. The number of carbonyl (C=O) groups is 2. The van der Waals surface area contributed by atoms with E-state index >= 15 is 0 Å². The molecule has 0 aliphatic rings. The van der Waals surface area contributed by atoms with Gasteiger partial charge in [0.1, 0.15) is 37.3 Å². The van der Waals surface area contributed by atoms with Crippen LogP contribution in [0, 0.1) is 5.92 Å². The quantitative estimate of drug-likeness (QED) is 0.423. The lowest BCUT2D eigenvalue weighted by atomic mass is 9.92. The Bertz CT molecular complexity index is 838. The summed E-state index contributed by atoms with van der Waals surface area (Å²) in [5, 5.41) is 0. The Balaban J connectivity index is 2.52. The van der Waals surface area contributed by atoms with Crippen molar-refractivity contribution in [1.82, 2.24) is 0 Å². The predicted octanol–water partition coefficient (Wildman–Crippen LogP) is 3.32. The molecule has 0 heterocycles. The second-order valence-electron chi connectivity index (χ2n) is 7.53. The van der Waals surface area contributed by atoms with Gasteiger partial charge in [0.15, 0.2) is 0 Å². The minimum Gasteiger partial charge on any atom is -0.492 e. The SMILES string of the molecule is CCCC(C=O)Cc1ccc(OCCN)c(-c2cc(CCC=O)ccc2OCCN)c1. The fraction of sp³-hybridized carbons (Fsp3) is 0.440. The van der Waals surface area contributed by atoms with E-state index in [-0.39, 0.29) is 5.92 Å². The topological polar surface area (TPSA) is 105 Å². The molecule has 1 unspecified atom stereocenters. The molecule has 2 aromatic rings. The van der Waals surface area contributed by atoms with Gasteiger partial charge >= 0.3 is 0 Å². The van der Waals surface area contributed by atoms with Gasteiger partial charge < -0.3 is 30.5 Å². The molecule has 1 atom stereocenters. The van der Waals surface area contributed by atoms with Crippen LogP contribution in [0.3, 0.4) is 0 Å². The summed E-state index contributed by atoms with van der Waals surface area (Å²) in [5.41, 5.74) is 15.2. The van der Waals surface area contributed by atoms with Gasteiger partial charge in [0.05, 0.1) is 0 Å².